The number of unbranched alkanes of at least 4 members (excludes halogenated alkanes) is 2. The second kappa shape index (κ2) is 8.81. The van der Waals surface area contributed by atoms with Crippen LogP contribution in [0.25, 0.3) is 0 Å². The van der Waals surface area contributed by atoms with E-state index in [2.05, 4.69) is 19.2 Å². The summed E-state index contributed by atoms with van der Waals surface area (Å²) in [6, 6.07) is 0. The fourth-order valence-electron chi connectivity index (χ4n) is 2.08. The smallest absolute Gasteiger partial charge is 0.156 e. The van der Waals surface area contributed by atoms with Crippen LogP contribution in [0.15, 0.2) is 4.99 Å². The van der Waals surface area contributed by atoms with Gasteiger partial charge >= 0.3 is 0 Å². The number of nitrogens with zero attached hydrogens (tertiary/aromatic N) is 1. The molecular weight excluding hydrogens is 244 g/mol. The lowest BCUT2D eigenvalue weighted by Crippen LogP contribution is -2.34. The third kappa shape index (κ3) is 5.19. The maximum absolute atomic E-state index is 5.04. The van der Waals surface area contributed by atoms with Gasteiger partial charge in [0.15, 0.2) is 5.17 Å². The fourth-order valence-corrected chi connectivity index (χ4v) is 3.38. The van der Waals surface area contributed by atoms with Gasteiger partial charge in [-0.2, -0.15) is 0 Å². The zero-order valence-corrected chi connectivity index (χ0v) is 12.9. The molecular formula is C14H28N2OS. The van der Waals surface area contributed by atoms with Gasteiger partial charge in [-0.25, -0.2) is 0 Å². The maximum Gasteiger partial charge on any atom is 0.156 e. The molecule has 1 N–H and O–H groups in total. The molecule has 106 valence electrons. The van der Waals surface area contributed by atoms with E-state index < -0.39 is 0 Å². The van der Waals surface area contributed by atoms with E-state index in [0.29, 0.717) is 5.41 Å². The Kier molecular flexibility index (Phi) is 7.75. The first kappa shape index (κ1) is 15.8. The van der Waals surface area contributed by atoms with Gasteiger partial charge in [-0.1, -0.05) is 25.6 Å². The zero-order chi connectivity index (χ0) is 13.3. The lowest BCUT2D eigenvalue weighted by Gasteiger charge is -2.33. The first-order chi connectivity index (χ1) is 8.76. The molecule has 0 aliphatic carbocycles. The molecule has 18 heavy (non-hydrogen) atoms. The first-order valence-electron chi connectivity index (χ1n) is 7.16. The van der Waals surface area contributed by atoms with Gasteiger partial charge in [0.2, 0.25) is 0 Å². The molecule has 0 aromatic rings. The van der Waals surface area contributed by atoms with Crippen molar-refractivity contribution < 1.29 is 4.74 Å². The predicted octanol–water partition coefficient (Wildman–Crippen LogP) is 3.30. The van der Waals surface area contributed by atoms with Crippen LogP contribution in [0.2, 0.25) is 0 Å². The van der Waals surface area contributed by atoms with Crippen LogP contribution in [-0.4, -0.2) is 37.7 Å². The molecule has 1 aliphatic heterocycles. The molecule has 0 saturated carbocycles. The Labute approximate surface area is 116 Å². The Hall–Kier alpha value is -0.220. The number of hydrogen-bond acceptors (Lipinski definition) is 4. The number of methoxy groups -OCH3 is 1. The van der Waals surface area contributed by atoms with Crippen LogP contribution in [0, 0.1) is 5.41 Å². The highest BCUT2D eigenvalue weighted by molar-refractivity contribution is 8.13. The molecule has 1 heterocycles. The highest BCUT2D eigenvalue weighted by Gasteiger charge is 2.29. The molecule has 0 radical (unpaired) electrons. The second-order valence-corrected chi connectivity index (χ2v) is 6.06. The molecule has 0 aromatic carbocycles. The monoisotopic (exact) mass is 272 g/mol. The van der Waals surface area contributed by atoms with Crippen LogP contribution >= 0.6 is 11.8 Å². The summed E-state index contributed by atoms with van der Waals surface area (Å²) in [5.74, 6) is 1.22. The molecule has 3 nitrogen and oxygen atoms in total. The van der Waals surface area contributed by atoms with Crippen molar-refractivity contribution in [2.75, 3.05) is 32.6 Å². The van der Waals surface area contributed by atoms with Gasteiger partial charge in [0, 0.05) is 32.6 Å². The summed E-state index contributed by atoms with van der Waals surface area (Å²) < 4.78 is 5.04. The van der Waals surface area contributed by atoms with E-state index in [1.54, 1.807) is 7.11 Å². The van der Waals surface area contributed by atoms with Crippen molar-refractivity contribution in [2.45, 2.75) is 46.0 Å². The maximum atomic E-state index is 5.04. The highest BCUT2D eigenvalue weighted by atomic mass is 32.2. The Morgan fingerprint density at radius 3 is 2.61 bits per heavy atom. The molecule has 0 amide bonds. The first-order valence-corrected chi connectivity index (χ1v) is 8.15. The van der Waals surface area contributed by atoms with Gasteiger partial charge in [-0.05, 0) is 37.5 Å². The van der Waals surface area contributed by atoms with E-state index >= 15 is 0 Å². The molecule has 0 atom stereocenters. The summed E-state index contributed by atoms with van der Waals surface area (Å²) in [6.45, 7) is 7.49. The number of thioether (sulfide) groups is 1. The number of amidine groups is 1. The van der Waals surface area contributed by atoms with Crippen molar-refractivity contribution in [1.29, 1.82) is 0 Å². The van der Waals surface area contributed by atoms with Crippen molar-refractivity contribution in [3.05, 3.63) is 0 Å². The van der Waals surface area contributed by atoms with E-state index in [4.69, 9.17) is 9.73 Å². The SMILES string of the molecule is CCC1(CC)CN=C(NCCCCCOC)SC1. The van der Waals surface area contributed by atoms with Crippen LogP contribution < -0.4 is 5.32 Å². The summed E-state index contributed by atoms with van der Waals surface area (Å²) in [6.07, 6.45) is 6.07. The fraction of sp³-hybridized carbons (Fsp3) is 0.929. The number of ether oxygens (including phenoxy) is 1. The van der Waals surface area contributed by atoms with Crippen molar-refractivity contribution in [3.8, 4) is 0 Å². The van der Waals surface area contributed by atoms with Gasteiger partial charge in [0.1, 0.15) is 0 Å². The van der Waals surface area contributed by atoms with Gasteiger partial charge in [0.05, 0.1) is 0 Å². The van der Waals surface area contributed by atoms with Gasteiger partial charge in [0.25, 0.3) is 0 Å². The van der Waals surface area contributed by atoms with Gasteiger partial charge < -0.3 is 10.1 Å². The average molecular weight is 272 g/mol. The number of rotatable bonds is 8. The Morgan fingerprint density at radius 1 is 1.28 bits per heavy atom. The highest BCUT2D eigenvalue weighted by Crippen LogP contribution is 2.34. The van der Waals surface area contributed by atoms with Crippen LogP contribution in [0.5, 0.6) is 0 Å². The Morgan fingerprint density at radius 2 is 2.06 bits per heavy atom. The molecule has 0 fully saturated rings. The number of hydrogen-bond donors (Lipinski definition) is 1. The van der Waals surface area contributed by atoms with Crippen molar-refractivity contribution in [3.63, 3.8) is 0 Å². The minimum Gasteiger partial charge on any atom is -0.385 e. The lowest BCUT2D eigenvalue weighted by molar-refractivity contribution is 0.192. The third-order valence-electron chi connectivity index (χ3n) is 3.87. The van der Waals surface area contributed by atoms with E-state index in [-0.39, 0.29) is 0 Å². The summed E-state index contributed by atoms with van der Waals surface area (Å²) >= 11 is 1.90. The summed E-state index contributed by atoms with van der Waals surface area (Å²) in [4.78, 5) is 4.70. The largest absolute Gasteiger partial charge is 0.385 e. The predicted molar refractivity (Wildman–Crippen MR) is 81.5 cm³/mol. The number of nitrogens with one attached hydrogen (secondary N) is 1. The third-order valence-corrected chi connectivity index (χ3v) is 5.18. The summed E-state index contributed by atoms with van der Waals surface area (Å²) in [5, 5.41) is 4.61. The van der Waals surface area contributed by atoms with Crippen LogP contribution in [0.3, 0.4) is 0 Å². The molecule has 0 bridgehead atoms. The second-order valence-electron chi connectivity index (χ2n) is 5.10. The van der Waals surface area contributed by atoms with Crippen molar-refractivity contribution >= 4 is 16.9 Å². The van der Waals surface area contributed by atoms with E-state index in [0.717, 1.165) is 31.3 Å². The van der Waals surface area contributed by atoms with Gasteiger partial charge in [-0.3, -0.25) is 4.99 Å². The Balaban J connectivity index is 2.15. The number of aliphatic imine (C=N–C) groups is 1. The normalized spacial score (nSPS) is 18.5. The zero-order valence-electron chi connectivity index (χ0n) is 12.1. The summed E-state index contributed by atoms with van der Waals surface area (Å²) in [7, 11) is 1.76. The standard InChI is InChI=1S/C14H28N2OS/c1-4-14(5-2)11-16-13(18-12-14)15-9-7-6-8-10-17-3/h4-12H2,1-3H3,(H,15,16). The Bertz CT molecular complexity index is 252. The molecule has 0 aromatic heterocycles. The van der Waals surface area contributed by atoms with Crippen LogP contribution in [0.4, 0.5) is 0 Å². The molecule has 0 saturated heterocycles. The van der Waals surface area contributed by atoms with E-state index in [1.807, 2.05) is 11.8 Å². The van der Waals surface area contributed by atoms with Crippen molar-refractivity contribution in [1.82, 2.24) is 5.32 Å². The summed E-state index contributed by atoms with van der Waals surface area (Å²) in [5.41, 5.74) is 0.453. The molecule has 0 unspecified atom stereocenters. The van der Waals surface area contributed by atoms with Crippen molar-refractivity contribution in [2.24, 2.45) is 10.4 Å². The lowest BCUT2D eigenvalue weighted by atomic mass is 9.84. The minimum atomic E-state index is 0.453. The van der Waals surface area contributed by atoms with E-state index in [1.165, 1.54) is 31.4 Å². The molecule has 0 spiro atoms. The minimum absolute atomic E-state index is 0.453. The van der Waals surface area contributed by atoms with E-state index in [9.17, 15) is 0 Å². The molecule has 4 heteroatoms. The molecule has 1 aliphatic rings. The topological polar surface area (TPSA) is 33.6 Å². The molecule has 1 rings (SSSR count). The quantitative estimate of drug-likeness (QED) is 0.688. The van der Waals surface area contributed by atoms with Gasteiger partial charge in [-0.15, -0.1) is 0 Å². The average Bonchev–Trinajstić information content (AvgIpc) is 2.43. The van der Waals surface area contributed by atoms with Crippen LogP contribution in [-0.2, 0) is 4.74 Å². The van der Waals surface area contributed by atoms with Crippen LogP contribution in [0.1, 0.15) is 46.0 Å².